The molecule has 10 heteroatoms. The van der Waals surface area contributed by atoms with Crippen LogP contribution in [0, 0.1) is 0 Å². The van der Waals surface area contributed by atoms with E-state index in [-0.39, 0.29) is 11.5 Å². The van der Waals surface area contributed by atoms with Crippen molar-refractivity contribution in [2.24, 2.45) is 18.5 Å². The van der Waals surface area contributed by atoms with E-state index in [1.54, 1.807) is 10.9 Å². The van der Waals surface area contributed by atoms with E-state index in [0.717, 1.165) is 11.1 Å². The number of hydrogen-bond donors (Lipinski definition) is 4. The third-order valence-electron chi connectivity index (χ3n) is 4.27. The first-order valence-electron chi connectivity index (χ1n) is 8.96. The van der Waals surface area contributed by atoms with Gasteiger partial charge in [0.05, 0.1) is 12.4 Å². The second kappa shape index (κ2) is 8.38. The van der Waals surface area contributed by atoms with E-state index in [0.29, 0.717) is 17.9 Å². The Labute approximate surface area is 167 Å². The van der Waals surface area contributed by atoms with Gasteiger partial charge in [0, 0.05) is 24.5 Å². The van der Waals surface area contributed by atoms with Gasteiger partial charge in [0.15, 0.2) is 11.5 Å². The highest BCUT2D eigenvalue weighted by Gasteiger charge is 2.17. The predicted octanol–water partition coefficient (Wildman–Crippen LogP) is 1.40. The van der Waals surface area contributed by atoms with E-state index in [9.17, 15) is 9.59 Å². The average Bonchev–Trinajstić information content (AvgIpc) is 3.12. The van der Waals surface area contributed by atoms with Gasteiger partial charge in [-0.25, -0.2) is 9.97 Å². The van der Waals surface area contributed by atoms with Gasteiger partial charge in [-0.2, -0.15) is 5.10 Å². The molecule has 3 aromatic rings. The standard InChI is InChI=1S/C19H22N8O2/c1-3-14(17(20)28)25-15-9-22-16(18(21)29)19(26-15)24-13-6-4-11(5-7-13)12-8-23-27(2)10-12/h4-10,14H,3H2,1-2H3,(H2,20,28)(H2,21,29)(H2,24,25,26)/t14-/m1/s1. The number of carbonyl (C=O) groups is 2. The molecule has 10 nitrogen and oxygen atoms in total. The van der Waals surface area contributed by atoms with Gasteiger partial charge in [0.25, 0.3) is 5.91 Å². The molecule has 1 aromatic carbocycles. The number of benzene rings is 1. The Bertz CT molecular complexity index is 1030. The number of nitrogens with two attached hydrogens (primary N) is 2. The Morgan fingerprint density at radius 2 is 1.86 bits per heavy atom. The first kappa shape index (κ1) is 19.8. The number of amides is 2. The Hall–Kier alpha value is -3.95. The lowest BCUT2D eigenvalue weighted by Gasteiger charge is -2.15. The third-order valence-corrected chi connectivity index (χ3v) is 4.27. The summed E-state index contributed by atoms with van der Waals surface area (Å²) in [5.74, 6) is -0.750. The fourth-order valence-electron chi connectivity index (χ4n) is 2.73. The number of primary amides is 2. The lowest BCUT2D eigenvalue weighted by Crippen LogP contribution is -2.35. The minimum Gasteiger partial charge on any atom is -0.368 e. The van der Waals surface area contributed by atoms with Crippen molar-refractivity contribution < 1.29 is 9.59 Å². The molecule has 2 aromatic heterocycles. The monoisotopic (exact) mass is 394 g/mol. The molecule has 3 rings (SSSR count). The highest BCUT2D eigenvalue weighted by molar-refractivity contribution is 5.96. The SMILES string of the molecule is CC[C@@H](Nc1cnc(C(N)=O)c(Nc2ccc(-c3cnn(C)c3)cc2)n1)C(N)=O. The molecular formula is C19H22N8O2. The molecule has 150 valence electrons. The quantitative estimate of drug-likeness (QED) is 0.450. The molecule has 0 fully saturated rings. The van der Waals surface area contributed by atoms with Gasteiger partial charge in [-0.1, -0.05) is 19.1 Å². The Kier molecular flexibility index (Phi) is 5.72. The van der Waals surface area contributed by atoms with Crippen LogP contribution in [-0.2, 0) is 11.8 Å². The number of nitrogens with zero attached hydrogens (tertiary/aromatic N) is 4. The van der Waals surface area contributed by atoms with Crippen LogP contribution in [0.15, 0.2) is 42.9 Å². The van der Waals surface area contributed by atoms with Crippen molar-refractivity contribution in [3.05, 3.63) is 48.5 Å². The first-order chi connectivity index (χ1) is 13.9. The number of rotatable bonds is 8. The Morgan fingerprint density at radius 3 is 2.41 bits per heavy atom. The normalized spacial score (nSPS) is 11.7. The van der Waals surface area contributed by atoms with Crippen LogP contribution in [0.3, 0.4) is 0 Å². The van der Waals surface area contributed by atoms with E-state index in [2.05, 4.69) is 25.7 Å². The van der Waals surface area contributed by atoms with Crippen LogP contribution in [0.5, 0.6) is 0 Å². The molecule has 0 aliphatic heterocycles. The van der Waals surface area contributed by atoms with Gasteiger partial charge >= 0.3 is 0 Å². The van der Waals surface area contributed by atoms with Crippen molar-refractivity contribution in [2.45, 2.75) is 19.4 Å². The predicted molar refractivity (Wildman–Crippen MR) is 109 cm³/mol. The van der Waals surface area contributed by atoms with Crippen LogP contribution in [0.25, 0.3) is 11.1 Å². The zero-order valence-corrected chi connectivity index (χ0v) is 16.1. The summed E-state index contributed by atoms with van der Waals surface area (Å²) in [6.45, 7) is 1.82. The van der Waals surface area contributed by atoms with Gasteiger partial charge in [-0.05, 0) is 24.1 Å². The number of hydrogen-bond acceptors (Lipinski definition) is 7. The molecule has 1 atom stereocenters. The summed E-state index contributed by atoms with van der Waals surface area (Å²) in [6.07, 6.45) is 5.50. The van der Waals surface area contributed by atoms with Crippen molar-refractivity contribution in [2.75, 3.05) is 10.6 Å². The van der Waals surface area contributed by atoms with E-state index in [1.807, 2.05) is 44.4 Å². The maximum Gasteiger partial charge on any atom is 0.271 e. The summed E-state index contributed by atoms with van der Waals surface area (Å²) in [6, 6.07) is 6.91. The second-order valence-corrected chi connectivity index (χ2v) is 6.43. The van der Waals surface area contributed by atoms with Crippen LogP contribution in [-0.4, -0.2) is 37.6 Å². The van der Waals surface area contributed by atoms with Crippen LogP contribution in [0.1, 0.15) is 23.8 Å². The van der Waals surface area contributed by atoms with E-state index in [4.69, 9.17) is 11.5 Å². The molecule has 0 saturated heterocycles. The van der Waals surface area contributed by atoms with E-state index < -0.39 is 17.9 Å². The topological polar surface area (TPSA) is 154 Å². The smallest absolute Gasteiger partial charge is 0.271 e. The van der Waals surface area contributed by atoms with Gasteiger partial charge in [-0.15, -0.1) is 0 Å². The van der Waals surface area contributed by atoms with Crippen molar-refractivity contribution >= 4 is 29.1 Å². The van der Waals surface area contributed by atoms with Crippen molar-refractivity contribution in [3.8, 4) is 11.1 Å². The van der Waals surface area contributed by atoms with Gasteiger partial charge in [0.2, 0.25) is 5.91 Å². The summed E-state index contributed by atoms with van der Waals surface area (Å²) < 4.78 is 1.73. The molecule has 2 amide bonds. The second-order valence-electron chi connectivity index (χ2n) is 6.43. The Morgan fingerprint density at radius 1 is 1.14 bits per heavy atom. The zero-order chi connectivity index (χ0) is 21.0. The third kappa shape index (κ3) is 4.67. The number of nitrogens with one attached hydrogen (secondary N) is 2. The summed E-state index contributed by atoms with van der Waals surface area (Å²) in [4.78, 5) is 31.6. The molecule has 29 heavy (non-hydrogen) atoms. The summed E-state index contributed by atoms with van der Waals surface area (Å²) in [5.41, 5.74) is 13.4. The number of aromatic nitrogens is 4. The average molecular weight is 394 g/mol. The molecule has 6 N–H and O–H groups in total. The minimum absolute atomic E-state index is 0.0148. The molecule has 2 heterocycles. The molecule has 0 radical (unpaired) electrons. The summed E-state index contributed by atoms with van der Waals surface area (Å²) in [5, 5.41) is 10.1. The molecular weight excluding hydrogens is 372 g/mol. The zero-order valence-electron chi connectivity index (χ0n) is 16.1. The molecule has 0 spiro atoms. The summed E-state index contributed by atoms with van der Waals surface area (Å²) in [7, 11) is 1.85. The van der Waals surface area contributed by atoms with Crippen LogP contribution >= 0.6 is 0 Å². The van der Waals surface area contributed by atoms with Gasteiger partial charge < -0.3 is 22.1 Å². The van der Waals surface area contributed by atoms with Crippen molar-refractivity contribution in [1.82, 2.24) is 19.7 Å². The Balaban J connectivity index is 1.85. The molecule has 0 saturated carbocycles. The van der Waals surface area contributed by atoms with Crippen LogP contribution < -0.4 is 22.1 Å². The molecule has 0 aliphatic rings. The van der Waals surface area contributed by atoms with Gasteiger partial charge in [0.1, 0.15) is 11.9 Å². The number of anilines is 3. The molecule has 0 aliphatic carbocycles. The van der Waals surface area contributed by atoms with Crippen LogP contribution in [0.2, 0.25) is 0 Å². The van der Waals surface area contributed by atoms with Crippen molar-refractivity contribution in [3.63, 3.8) is 0 Å². The van der Waals surface area contributed by atoms with Crippen LogP contribution in [0.4, 0.5) is 17.3 Å². The fraction of sp³-hybridized carbons (Fsp3) is 0.211. The van der Waals surface area contributed by atoms with Gasteiger partial charge in [-0.3, -0.25) is 14.3 Å². The highest BCUT2D eigenvalue weighted by Crippen LogP contribution is 2.24. The summed E-state index contributed by atoms with van der Waals surface area (Å²) >= 11 is 0. The molecule has 0 bridgehead atoms. The minimum atomic E-state index is -0.722. The lowest BCUT2D eigenvalue weighted by atomic mass is 10.1. The lowest BCUT2D eigenvalue weighted by molar-refractivity contribution is -0.118. The largest absolute Gasteiger partial charge is 0.368 e. The highest BCUT2D eigenvalue weighted by atomic mass is 16.1. The molecule has 0 unspecified atom stereocenters. The maximum atomic E-state index is 11.7. The number of aryl methyl sites for hydroxylation is 1. The van der Waals surface area contributed by atoms with E-state index >= 15 is 0 Å². The number of carbonyl (C=O) groups excluding carboxylic acids is 2. The fourth-order valence-corrected chi connectivity index (χ4v) is 2.73. The maximum absolute atomic E-state index is 11.7. The van der Waals surface area contributed by atoms with Crippen molar-refractivity contribution in [1.29, 1.82) is 0 Å². The first-order valence-corrected chi connectivity index (χ1v) is 8.96. The van der Waals surface area contributed by atoms with E-state index in [1.165, 1.54) is 6.20 Å².